The van der Waals surface area contributed by atoms with Crippen LogP contribution in [0.3, 0.4) is 0 Å². The van der Waals surface area contributed by atoms with Crippen molar-refractivity contribution in [3.05, 3.63) is 41.0 Å². The van der Waals surface area contributed by atoms with Crippen LogP contribution in [-0.4, -0.2) is 12.4 Å². The van der Waals surface area contributed by atoms with Gasteiger partial charge in [-0.15, -0.1) is 0 Å². The van der Waals surface area contributed by atoms with Crippen LogP contribution in [0.1, 0.15) is 42.6 Å². The number of para-hydroxylation sites is 1. The second-order valence-corrected chi connectivity index (χ2v) is 4.24. The lowest BCUT2D eigenvalue weighted by Gasteiger charge is -2.20. The van der Waals surface area contributed by atoms with Crippen molar-refractivity contribution in [1.29, 1.82) is 0 Å². The number of carbonyl (C=O) groups excluding carboxylic acids is 1. The number of hydrogen-bond donors (Lipinski definition) is 0. The van der Waals surface area contributed by atoms with Gasteiger partial charge in [0, 0.05) is 0 Å². The zero-order valence-electron chi connectivity index (χ0n) is 10.5. The summed E-state index contributed by atoms with van der Waals surface area (Å²) in [6.07, 6.45) is 4.70. The summed E-state index contributed by atoms with van der Waals surface area (Å²) in [5.74, 6) is 0.908. The van der Waals surface area contributed by atoms with Crippen LogP contribution in [-0.2, 0) is 6.42 Å². The zero-order chi connectivity index (χ0) is 12.3. The van der Waals surface area contributed by atoms with E-state index in [4.69, 9.17) is 4.74 Å². The lowest BCUT2D eigenvalue weighted by atomic mass is 9.96. The molecular weight excluding hydrogens is 212 g/mol. The summed E-state index contributed by atoms with van der Waals surface area (Å²) in [6, 6.07) is 5.86. The van der Waals surface area contributed by atoms with Gasteiger partial charge in [0.25, 0.3) is 0 Å². The molecule has 0 fully saturated rings. The van der Waals surface area contributed by atoms with Gasteiger partial charge in [0.1, 0.15) is 5.75 Å². The van der Waals surface area contributed by atoms with Crippen molar-refractivity contribution in [2.45, 2.75) is 33.1 Å². The average molecular weight is 230 g/mol. The van der Waals surface area contributed by atoms with E-state index >= 15 is 0 Å². The first-order chi connectivity index (χ1) is 8.27. The number of ether oxygens (including phenoxy) is 1. The quantitative estimate of drug-likeness (QED) is 0.586. The molecule has 0 saturated carbocycles. The summed E-state index contributed by atoms with van der Waals surface area (Å²) in [5, 5.41) is 0. The Morgan fingerprint density at radius 3 is 3.00 bits per heavy atom. The molecule has 0 bridgehead atoms. The van der Waals surface area contributed by atoms with Crippen LogP contribution in [0.4, 0.5) is 0 Å². The summed E-state index contributed by atoms with van der Waals surface area (Å²) in [7, 11) is 0. The van der Waals surface area contributed by atoms with Crippen LogP contribution in [0.2, 0.25) is 0 Å². The van der Waals surface area contributed by atoms with Gasteiger partial charge in [-0.25, -0.2) is 0 Å². The second kappa shape index (κ2) is 5.17. The third-order valence-electron chi connectivity index (χ3n) is 3.20. The van der Waals surface area contributed by atoms with Gasteiger partial charge < -0.3 is 4.74 Å². The summed E-state index contributed by atoms with van der Waals surface area (Å²) in [4.78, 5) is 12.3. The molecule has 0 radical (unpaired) electrons. The summed E-state index contributed by atoms with van der Waals surface area (Å²) in [6.45, 7) is 4.63. The molecule has 1 aliphatic rings. The molecular formula is C15H18O2. The van der Waals surface area contributed by atoms with Gasteiger partial charge in [-0.3, -0.25) is 4.79 Å². The molecule has 0 aromatic heterocycles. The van der Waals surface area contributed by atoms with Gasteiger partial charge in [0.15, 0.2) is 5.78 Å². The lowest BCUT2D eigenvalue weighted by molar-refractivity contribution is 0.102. The van der Waals surface area contributed by atoms with E-state index in [1.807, 2.05) is 38.1 Å². The number of ketones is 1. The molecule has 0 amide bonds. The summed E-state index contributed by atoms with van der Waals surface area (Å²) >= 11 is 0. The van der Waals surface area contributed by atoms with Crippen molar-refractivity contribution < 1.29 is 9.53 Å². The third-order valence-corrected chi connectivity index (χ3v) is 3.20. The van der Waals surface area contributed by atoms with E-state index in [0.29, 0.717) is 6.61 Å². The molecule has 0 unspecified atom stereocenters. The monoisotopic (exact) mass is 230 g/mol. The minimum atomic E-state index is 0.105. The minimum Gasteiger partial charge on any atom is -0.493 e. The molecule has 1 aliphatic heterocycles. The fraction of sp³-hybridized carbons (Fsp3) is 0.400. The zero-order valence-corrected chi connectivity index (χ0v) is 10.5. The van der Waals surface area contributed by atoms with Gasteiger partial charge in [-0.1, -0.05) is 25.1 Å². The van der Waals surface area contributed by atoms with Crippen molar-refractivity contribution >= 4 is 5.78 Å². The normalized spacial score (nSPS) is 15.1. The predicted octanol–water partition coefficient (Wildman–Crippen LogP) is 3.55. The first kappa shape index (κ1) is 11.9. The Balaban J connectivity index is 2.42. The minimum absolute atomic E-state index is 0.105. The van der Waals surface area contributed by atoms with Crippen LogP contribution < -0.4 is 4.74 Å². The topological polar surface area (TPSA) is 26.3 Å². The number of aryl methyl sites for hydroxylation is 1. The largest absolute Gasteiger partial charge is 0.493 e. The molecule has 2 rings (SSSR count). The highest BCUT2D eigenvalue weighted by Crippen LogP contribution is 2.30. The Morgan fingerprint density at radius 2 is 2.29 bits per heavy atom. The van der Waals surface area contributed by atoms with Crippen molar-refractivity contribution in [2.75, 3.05) is 6.61 Å². The van der Waals surface area contributed by atoms with Crippen molar-refractivity contribution in [2.24, 2.45) is 0 Å². The fourth-order valence-electron chi connectivity index (χ4n) is 2.24. The molecule has 90 valence electrons. The van der Waals surface area contributed by atoms with Crippen LogP contribution >= 0.6 is 0 Å². The Kier molecular flexibility index (Phi) is 3.62. The van der Waals surface area contributed by atoms with E-state index in [1.54, 1.807) is 0 Å². The maximum absolute atomic E-state index is 12.3. The van der Waals surface area contributed by atoms with Crippen molar-refractivity contribution in [3.8, 4) is 5.75 Å². The number of rotatable bonds is 3. The maximum atomic E-state index is 12.3. The van der Waals surface area contributed by atoms with Crippen molar-refractivity contribution in [1.82, 2.24) is 0 Å². The Bertz CT molecular complexity index is 458. The third kappa shape index (κ3) is 2.26. The Labute approximate surface area is 102 Å². The van der Waals surface area contributed by atoms with Crippen LogP contribution in [0.15, 0.2) is 29.8 Å². The fourth-order valence-corrected chi connectivity index (χ4v) is 2.24. The standard InChI is InChI=1S/C15H18O2/c1-3-11(4-2)14(16)13-9-5-7-12-8-6-10-17-15(12)13/h3,5,7,9H,4,6,8,10H2,1-2H3/b11-3-. The number of carbonyl (C=O) groups is 1. The highest BCUT2D eigenvalue weighted by molar-refractivity contribution is 6.10. The average Bonchev–Trinajstić information content (AvgIpc) is 2.39. The number of hydrogen-bond acceptors (Lipinski definition) is 2. The molecule has 0 saturated heterocycles. The van der Waals surface area contributed by atoms with Gasteiger partial charge in [-0.05, 0) is 43.4 Å². The molecule has 0 spiro atoms. The Morgan fingerprint density at radius 1 is 1.47 bits per heavy atom. The van der Waals surface area contributed by atoms with E-state index in [2.05, 4.69) is 0 Å². The SMILES string of the molecule is C/C=C(/CC)C(=O)c1cccc2c1OCCC2. The van der Waals surface area contributed by atoms with Crippen LogP contribution in [0, 0.1) is 0 Å². The molecule has 0 aliphatic carbocycles. The van der Waals surface area contributed by atoms with Gasteiger partial charge in [-0.2, -0.15) is 0 Å². The molecule has 17 heavy (non-hydrogen) atoms. The summed E-state index contributed by atoms with van der Waals surface area (Å²) < 4.78 is 5.67. The van der Waals surface area contributed by atoms with Crippen LogP contribution in [0.25, 0.3) is 0 Å². The van der Waals surface area contributed by atoms with E-state index in [1.165, 1.54) is 0 Å². The van der Waals surface area contributed by atoms with E-state index in [9.17, 15) is 4.79 Å². The molecule has 0 atom stereocenters. The predicted molar refractivity (Wildman–Crippen MR) is 68.6 cm³/mol. The number of benzene rings is 1. The summed E-state index contributed by atoms with van der Waals surface area (Å²) in [5.41, 5.74) is 2.73. The molecule has 2 nitrogen and oxygen atoms in total. The highest BCUT2D eigenvalue weighted by Gasteiger charge is 2.20. The molecule has 1 heterocycles. The van der Waals surface area contributed by atoms with E-state index in [0.717, 1.165) is 41.7 Å². The molecule has 0 N–H and O–H groups in total. The van der Waals surface area contributed by atoms with Gasteiger partial charge in [0.05, 0.1) is 12.2 Å². The van der Waals surface area contributed by atoms with Crippen LogP contribution in [0.5, 0.6) is 5.75 Å². The van der Waals surface area contributed by atoms with E-state index < -0.39 is 0 Å². The number of allylic oxidation sites excluding steroid dienone is 2. The highest BCUT2D eigenvalue weighted by atomic mass is 16.5. The molecule has 1 aromatic rings. The molecule has 1 aromatic carbocycles. The van der Waals surface area contributed by atoms with Gasteiger partial charge >= 0.3 is 0 Å². The first-order valence-electron chi connectivity index (χ1n) is 6.22. The van der Waals surface area contributed by atoms with Gasteiger partial charge in [0.2, 0.25) is 0 Å². The number of Topliss-reactive ketones (excluding diaryl/α,β-unsaturated/α-hetero) is 1. The smallest absolute Gasteiger partial charge is 0.192 e. The first-order valence-corrected chi connectivity index (χ1v) is 6.22. The lowest BCUT2D eigenvalue weighted by Crippen LogP contribution is -2.13. The van der Waals surface area contributed by atoms with Crippen molar-refractivity contribution in [3.63, 3.8) is 0 Å². The Hall–Kier alpha value is -1.57. The molecule has 2 heteroatoms. The number of fused-ring (bicyclic) bond motifs is 1. The second-order valence-electron chi connectivity index (χ2n) is 4.24. The maximum Gasteiger partial charge on any atom is 0.192 e. The van der Waals surface area contributed by atoms with E-state index in [-0.39, 0.29) is 5.78 Å².